The first-order chi connectivity index (χ1) is 16.6. The molecule has 178 valence electrons. The van der Waals surface area contributed by atoms with Gasteiger partial charge in [0.05, 0.1) is 24.7 Å². The molecule has 0 amide bonds. The predicted octanol–water partition coefficient (Wildman–Crippen LogP) is 5.38. The van der Waals surface area contributed by atoms with E-state index in [4.69, 9.17) is 14.4 Å². The number of aliphatic hydroxyl groups excluding tert-OH is 1. The number of rotatable bonds is 9. The molecular formula is C26H32N6O2. The highest BCUT2D eigenvalue weighted by atomic mass is 16.3. The topological polar surface area (TPSA) is 101 Å². The lowest BCUT2D eigenvalue weighted by atomic mass is 10.1. The molecule has 1 fully saturated rings. The Balaban J connectivity index is 1.42. The van der Waals surface area contributed by atoms with Crippen molar-refractivity contribution in [2.24, 2.45) is 0 Å². The lowest BCUT2D eigenvalue weighted by molar-refractivity contribution is 0.169. The summed E-state index contributed by atoms with van der Waals surface area (Å²) in [5.74, 6) is 2.06. The third-order valence-electron chi connectivity index (χ3n) is 6.70. The van der Waals surface area contributed by atoms with Crippen LogP contribution in [0.2, 0.25) is 0 Å². The van der Waals surface area contributed by atoms with E-state index in [2.05, 4.69) is 44.5 Å². The fourth-order valence-electron chi connectivity index (χ4n) is 4.70. The standard InChI is InChI=1S/C26H32N6O2/c1-3-21(17(2)33)29-26-30-24(23-25(31-26)32(16-28-23)20-7-4-5-8-20)27-15-18-10-12-19(13-11-18)22-9-6-14-34-22/h6,9-14,16-17,20-21,33H,3-5,7-8,15H2,1-2H3,(H2,27,29,30,31). The van der Waals surface area contributed by atoms with Crippen molar-refractivity contribution in [3.05, 3.63) is 54.6 Å². The number of hydrogen-bond donors (Lipinski definition) is 3. The van der Waals surface area contributed by atoms with Crippen molar-refractivity contribution < 1.29 is 9.52 Å². The van der Waals surface area contributed by atoms with Crippen LogP contribution in [0.4, 0.5) is 11.8 Å². The predicted molar refractivity (Wildman–Crippen MR) is 134 cm³/mol. The molecule has 1 saturated carbocycles. The summed E-state index contributed by atoms with van der Waals surface area (Å²) in [7, 11) is 0. The first-order valence-corrected chi connectivity index (χ1v) is 12.2. The Morgan fingerprint density at radius 1 is 1.15 bits per heavy atom. The molecular weight excluding hydrogens is 428 g/mol. The van der Waals surface area contributed by atoms with Gasteiger partial charge in [-0.1, -0.05) is 44.0 Å². The fraction of sp³-hybridized carbons (Fsp3) is 0.423. The molecule has 0 radical (unpaired) electrons. The molecule has 8 nitrogen and oxygen atoms in total. The molecule has 3 aromatic heterocycles. The molecule has 1 aromatic carbocycles. The number of aromatic nitrogens is 4. The monoisotopic (exact) mass is 460 g/mol. The highest BCUT2D eigenvalue weighted by Crippen LogP contribution is 2.33. The quantitative estimate of drug-likeness (QED) is 0.308. The van der Waals surface area contributed by atoms with E-state index < -0.39 is 6.10 Å². The van der Waals surface area contributed by atoms with Gasteiger partial charge >= 0.3 is 0 Å². The van der Waals surface area contributed by atoms with Gasteiger partial charge in [-0.3, -0.25) is 0 Å². The molecule has 0 bridgehead atoms. The Kier molecular flexibility index (Phi) is 6.49. The molecule has 5 rings (SSSR count). The zero-order chi connectivity index (χ0) is 23.5. The number of fused-ring (bicyclic) bond motifs is 1. The lowest BCUT2D eigenvalue weighted by Gasteiger charge is -2.20. The molecule has 0 saturated heterocycles. The minimum absolute atomic E-state index is 0.123. The van der Waals surface area contributed by atoms with E-state index in [0.29, 0.717) is 24.4 Å². The largest absolute Gasteiger partial charge is 0.464 e. The van der Waals surface area contributed by atoms with Crippen molar-refractivity contribution in [2.45, 2.75) is 70.7 Å². The van der Waals surface area contributed by atoms with Crippen molar-refractivity contribution >= 4 is 22.9 Å². The maximum absolute atomic E-state index is 10.1. The average molecular weight is 461 g/mol. The highest BCUT2D eigenvalue weighted by molar-refractivity contribution is 5.84. The molecule has 0 spiro atoms. The first kappa shape index (κ1) is 22.4. The molecule has 0 aliphatic heterocycles. The number of hydrogen-bond acceptors (Lipinski definition) is 7. The Bertz CT molecular complexity index is 1210. The van der Waals surface area contributed by atoms with Gasteiger partial charge in [0.15, 0.2) is 17.0 Å². The highest BCUT2D eigenvalue weighted by Gasteiger charge is 2.23. The van der Waals surface area contributed by atoms with E-state index >= 15 is 0 Å². The summed E-state index contributed by atoms with van der Waals surface area (Å²) in [5.41, 5.74) is 3.78. The summed E-state index contributed by atoms with van der Waals surface area (Å²) in [5, 5.41) is 16.9. The van der Waals surface area contributed by atoms with Gasteiger partial charge in [0, 0.05) is 18.2 Å². The molecule has 1 aliphatic carbocycles. The fourth-order valence-corrected chi connectivity index (χ4v) is 4.70. The summed E-state index contributed by atoms with van der Waals surface area (Å²) in [4.78, 5) is 14.3. The zero-order valence-corrected chi connectivity index (χ0v) is 19.7. The summed E-state index contributed by atoms with van der Waals surface area (Å²) in [6.45, 7) is 4.43. The molecule has 8 heteroatoms. The Morgan fingerprint density at radius 2 is 1.94 bits per heavy atom. The average Bonchev–Trinajstić information content (AvgIpc) is 3.62. The van der Waals surface area contributed by atoms with E-state index in [9.17, 15) is 5.11 Å². The van der Waals surface area contributed by atoms with E-state index in [-0.39, 0.29) is 6.04 Å². The smallest absolute Gasteiger partial charge is 0.227 e. The number of benzene rings is 1. The maximum atomic E-state index is 10.1. The van der Waals surface area contributed by atoms with Crippen LogP contribution in [-0.2, 0) is 6.54 Å². The van der Waals surface area contributed by atoms with Crippen molar-refractivity contribution in [3.8, 4) is 11.3 Å². The van der Waals surface area contributed by atoms with Gasteiger partial charge in [-0.25, -0.2) is 4.98 Å². The number of imidazole rings is 1. The minimum atomic E-state index is -0.506. The Labute approximate surface area is 199 Å². The van der Waals surface area contributed by atoms with Crippen molar-refractivity contribution in [1.29, 1.82) is 0 Å². The van der Waals surface area contributed by atoms with Gasteiger partial charge in [0.25, 0.3) is 0 Å². The maximum Gasteiger partial charge on any atom is 0.227 e. The Morgan fingerprint density at radius 3 is 2.62 bits per heavy atom. The number of furan rings is 1. The van der Waals surface area contributed by atoms with Gasteiger partial charge in [-0.15, -0.1) is 0 Å². The number of anilines is 2. The molecule has 3 N–H and O–H groups in total. The van der Waals surface area contributed by atoms with Crippen LogP contribution in [0.3, 0.4) is 0 Å². The number of nitrogens with one attached hydrogen (secondary N) is 2. The summed E-state index contributed by atoms with van der Waals surface area (Å²) in [6, 6.07) is 12.4. The van der Waals surface area contributed by atoms with Crippen LogP contribution in [-0.4, -0.2) is 36.8 Å². The normalized spacial score (nSPS) is 16.1. The van der Waals surface area contributed by atoms with E-state index in [0.717, 1.165) is 47.3 Å². The van der Waals surface area contributed by atoms with Crippen molar-refractivity contribution in [2.75, 3.05) is 10.6 Å². The summed E-state index contributed by atoms with van der Waals surface area (Å²) >= 11 is 0. The summed E-state index contributed by atoms with van der Waals surface area (Å²) < 4.78 is 7.68. The van der Waals surface area contributed by atoms with Crippen LogP contribution >= 0.6 is 0 Å². The SMILES string of the molecule is CCC(Nc1nc(NCc2ccc(-c3ccco3)cc2)c2ncn(C3CCCC3)c2n1)C(C)O. The lowest BCUT2D eigenvalue weighted by Crippen LogP contribution is -2.31. The van der Waals surface area contributed by atoms with E-state index in [1.165, 1.54) is 12.8 Å². The second-order valence-electron chi connectivity index (χ2n) is 9.09. The molecule has 1 aliphatic rings. The third-order valence-corrected chi connectivity index (χ3v) is 6.70. The van der Waals surface area contributed by atoms with Gasteiger partial charge in [0.1, 0.15) is 5.76 Å². The molecule has 34 heavy (non-hydrogen) atoms. The van der Waals surface area contributed by atoms with E-state index in [1.807, 2.05) is 25.4 Å². The molecule has 4 aromatic rings. The van der Waals surface area contributed by atoms with Crippen LogP contribution in [0.1, 0.15) is 57.6 Å². The van der Waals surface area contributed by atoms with Crippen LogP contribution in [0.25, 0.3) is 22.5 Å². The van der Waals surface area contributed by atoms with Crippen LogP contribution in [0.5, 0.6) is 0 Å². The number of aliphatic hydroxyl groups is 1. The van der Waals surface area contributed by atoms with Crippen molar-refractivity contribution in [3.63, 3.8) is 0 Å². The van der Waals surface area contributed by atoms with Gasteiger partial charge < -0.3 is 24.7 Å². The molecule has 3 heterocycles. The zero-order valence-electron chi connectivity index (χ0n) is 19.7. The van der Waals surface area contributed by atoms with Gasteiger partial charge in [0.2, 0.25) is 5.95 Å². The van der Waals surface area contributed by atoms with E-state index in [1.54, 1.807) is 13.2 Å². The van der Waals surface area contributed by atoms with Crippen LogP contribution in [0.15, 0.2) is 53.4 Å². The second kappa shape index (κ2) is 9.85. The van der Waals surface area contributed by atoms with Gasteiger partial charge in [-0.05, 0) is 43.9 Å². The number of nitrogens with zero attached hydrogens (tertiary/aromatic N) is 4. The van der Waals surface area contributed by atoms with Gasteiger partial charge in [-0.2, -0.15) is 9.97 Å². The molecule has 2 unspecified atom stereocenters. The molecule has 2 atom stereocenters. The van der Waals surface area contributed by atoms with Crippen molar-refractivity contribution in [1.82, 2.24) is 19.5 Å². The van der Waals surface area contributed by atoms with Crippen LogP contribution in [0, 0.1) is 0 Å². The second-order valence-corrected chi connectivity index (χ2v) is 9.09. The van der Waals surface area contributed by atoms with Crippen LogP contribution < -0.4 is 10.6 Å². The third kappa shape index (κ3) is 4.63. The first-order valence-electron chi connectivity index (χ1n) is 12.2. The summed E-state index contributed by atoms with van der Waals surface area (Å²) in [6.07, 6.45) is 8.61. The Hall–Kier alpha value is -3.39. The minimum Gasteiger partial charge on any atom is -0.464 e.